The fourth-order valence-corrected chi connectivity index (χ4v) is 4.22. The molecule has 2 heterocycles. The van der Waals surface area contributed by atoms with Gasteiger partial charge in [0.15, 0.2) is 5.16 Å². The molecule has 0 bridgehead atoms. The summed E-state index contributed by atoms with van der Waals surface area (Å²) in [6, 6.07) is 13.0. The molecule has 7 heteroatoms. The third-order valence-corrected chi connectivity index (χ3v) is 5.83. The minimum atomic E-state index is -0.204. The van der Waals surface area contributed by atoms with Crippen LogP contribution in [0.5, 0.6) is 5.75 Å². The molecule has 1 aliphatic heterocycles. The number of imidazole rings is 1. The average Bonchev–Trinajstić information content (AvgIpc) is 3.24. The van der Waals surface area contributed by atoms with E-state index in [1.807, 2.05) is 30.5 Å². The Morgan fingerprint density at radius 3 is 2.96 bits per heavy atom. The van der Waals surface area contributed by atoms with Crippen LogP contribution in [-0.2, 0) is 6.54 Å². The lowest BCUT2D eigenvalue weighted by Gasteiger charge is -2.11. The molecule has 0 radical (unpaired) electrons. The molecule has 0 spiro atoms. The lowest BCUT2D eigenvalue weighted by molar-refractivity contribution is 0.102. The number of methoxy groups -OCH3 is 1. The molecule has 3 aromatic rings. The minimum Gasteiger partial charge on any atom is -0.497 e. The number of amides is 1. The average molecular weight is 430 g/mol. The fraction of sp³-hybridized carbons (Fsp3) is 0.158. The van der Waals surface area contributed by atoms with E-state index in [0.717, 1.165) is 34.4 Å². The smallest absolute Gasteiger partial charge is 0.256 e. The molecule has 1 N–H and O–H groups in total. The predicted octanol–water partition coefficient (Wildman–Crippen LogP) is 4.68. The Labute approximate surface area is 163 Å². The highest BCUT2D eigenvalue weighted by Crippen LogP contribution is 2.33. The second-order valence-corrected chi connectivity index (χ2v) is 7.71. The van der Waals surface area contributed by atoms with Crippen molar-refractivity contribution in [3.05, 3.63) is 58.7 Å². The maximum Gasteiger partial charge on any atom is 0.256 e. The number of thioether (sulfide) groups is 1. The largest absolute Gasteiger partial charge is 0.497 e. The zero-order chi connectivity index (χ0) is 18.1. The van der Waals surface area contributed by atoms with Crippen molar-refractivity contribution in [2.24, 2.45) is 0 Å². The van der Waals surface area contributed by atoms with Crippen LogP contribution in [0, 0.1) is 0 Å². The summed E-state index contributed by atoms with van der Waals surface area (Å²) in [7, 11) is 1.58. The second kappa shape index (κ2) is 7.17. The molecule has 0 saturated carbocycles. The monoisotopic (exact) mass is 429 g/mol. The number of aryl methyl sites for hydroxylation is 1. The maximum atomic E-state index is 12.8. The topological polar surface area (TPSA) is 56.1 Å². The van der Waals surface area contributed by atoms with Crippen LogP contribution in [0.2, 0.25) is 0 Å². The number of hydrogen-bond donors (Lipinski definition) is 1. The lowest BCUT2D eigenvalue weighted by atomic mass is 10.1. The number of aromatic nitrogens is 2. The Hall–Kier alpha value is -2.25. The van der Waals surface area contributed by atoms with Gasteiger partial charge in [-0.25, -0.2) is 4.98 Å². The molecule has 4 rings (SSSR count). The molecule has 2 aromatic carbocycles. The lowest BCUT2D eigenvalue weighted by Crippen LogP contribution is -2.13. The van der Waals surface area contributed by atoms with Gasteiger partial charge in [0.2, 0.25) is 0 Å². The molecule has 0 atom stereocenters. The summed E-state index contributed by atoms with van der Waals surface area (Å²) in [5.41, 5.74) is 3.02. The first-order valence-electron chi connectivity index (χ1n) is 8.10. The van der Waals surface area contributed by atoms with E-state index in [0.29, 0.717) is 15.8 Å². The van der Waals surface area contributed by atoms with Crippen molar-refractivity contribution in [3.63, 3.8) is 0 Å². The van der Waals surface area contributed by atoms with E-state index in [2.05, 4.69) is 25.8 Å². The zero-order valence-electron chi connectivity index (χ0n) is 14.0. The molecule has 1 aliphatic rings. The number of rotatable bonds is 4. The summed E-state index contributed by atoms with van der Waals surface area (Å²) in [6.07, 6.45) is 2.04. The van der Waals surface area contributed by atoms with Crippen molar-refractivity contribution in [2.45, 2.75) is 11.7 Å². The number of halogens is 1. The van der Waals surface area contributed by atoms with Gasteiger partial charge in [0.1, 0.15) is 5.75 Å². The van der Waals surface area contributed by atoms with Crippen LogP contribution < -0.4 is 10.1 Å². The van der Waals surface area contributed by atoms with Crippen LogP contribution in [0.25, 0.3) is 11.3 Å². The number of nitrogens with one attached hydrogen (secondary N) is 1. The highest BCUT2D eigenvalue weighted by molar-refractivity contribution is 9.10. The molecule has 5 nitrogen and oxygen atoms in total. The first-order chi connectivity index (χ1) is 12.7. The first kappa shape index (κ1) is 17.2. The third kappa shape index (κ3) is 3.24. The number of anilines is 1. The summed E-state index contributed by atoms with van der Waals surface area (Å²) < 4.78 is 8.09. The Bertz CT molecular complexity index is 965. The van der Waals surface area contributed by atoms with Gasteiger partial charge in [-0.2, -0.15) is 0 Å². The number of ether oxygens (including phenoxy) is 1. The SMILES string of the molecule is COc1ccc(Br)c(C(=O)Nc2ccccc2-c2cn3c(n2)SCC3)c1. The summed E-state index contributed by atoms with van der Waals surface area (Å²) in [4.78, 5) is 17.5. The molecular weight excluding hydrogens is 414 g/mol. The minimum absolute atomic E-state index is 0.204. The van der Waals surface area contributed by atoms with E-state index in [1.54, 1.807) is 37.1 Å². The van der Waals surface area contributed by atoms with Gasteiger partial charge < -0.3 is 14.6 Å². The van der Waals surface area contributed by atoms with Crippen LogP contribution in [0.3, 0.4) is 0 Å². The number of carbonyl (C=O) groups excluding carboxylic acids is 1. The van der Waals surface area contributed by atoms with Gasteiger partial charge in [-0.1, -0.05) is 30.0 Å². The molecule has 1 amide bonds. The van der Waals surface area contributed by atoms with E-state index in [9.17, 15) is 4.79 Å². The summed E-state index contributed by atoms with van der Waals surface area (Å²) in [5, 5.41) is 4.03. The Morgan fingerprint density at radius 2 is 2.15 bits per heavy atom. The van der Waals surface area contributed by atoms with Crippen molar-refractivity contribution in [1.82, 2.24) is 9.55 Å². The van der Waals surface area contributed by atoms with Crippen molar-refractivity contribution < 1.29 is 9.53 Å². The molecular formula is C19H16BrN3O2S. The van der Waals surface area contributed by atoms with Crippen LogP contribution in [0.15, 0.2) is 58.3 Å². The number of fused-ring (bicyclic) bond motifs is 1. The van der Waals surface area contributed by atoms with E-state index in [1.165, 1.54) is 0 Å². The normalized spacial score (nSPS) is 12.7. The van der Waals surface area contributed by atoms with Gasteiger partial charge >= 0.3 is 0 Å². The Kier molecular flexibility index (Phi) is 4.74. The van der Waals surface area contributed by atoms with Crippen LogP contribution in [0.4, 0.5) is 5.69 Å². The van der Waals surface area contributed by atoms with Gasteiger partial charge in [0.25, 0.3) is 5.91 Å². The molecule has 26 heavy (non-hydrogen) atoms. The molecule has 1 aromatic heterocycles. The summed E-state index contributed by atoms with van der Waals surface area (Å²) in [6.45, 7) is 0.971. The zero-order valence-corrected chi connectivity index (χ0v) is 16.4. The predicted molar refractivity (Wildman–Crippen MR) is 107 cm³/mol. The van der Waals surface area contributed by atoms with Gasteiger partial charge in [0.05, 0.1) is 24.1 Å². The van der Waals surface area contributed by atoms with E-state index < -0.39 is 0 Å². The number of benzene rings is 2. The van der Waals surface area contributed by atoms with Crippen LogP contribution >= 0.6 is 27.7 Å². The van der Waals surface area contributed by atoms with Gasteiger partial charge in [-0.15, -0.1) is 0 Å². The fourth-order valence-electron chi connectivity index (χ4n) is 2.85. The number of carbonyl (C=O) groups is 1. The third-order valence-electron chi connectivity index (χ3n) is 4.17. The molecule has 0 saturated heterocycles. The highest BCUT2D eigenvalue weighted by atomic mass is 79.9. The Morgan fingerprint density at radius 1 is 1.31 bits per heavy atom. The van der Waals surface area contributed by atoms with Gasteiger partial charge in [0, 0.05) is 28.5 Å². The second-order valence-electron chi connectivity index (χ2n) is 5.80. The van der Waals surface area contributed by atoms with Crippen molar-refractivity contribution in [1.29, 1.82) is 0 Å². The molecule has 0 aliphatic carbocycles. The summed E-state index contributed by atoms with van der Waals surface area (Å²) in [5.74, 6) is 1.49. The molecule has 0 fully saturated rings. The quantitative estimate of drug-likeness (QED) is 0.653. The number of hydrogen-bond acceptors (Lipinski definition) is 4. The first-order valence-corrected chi connectivity index (χ1v) is 9.88. The Balaban J connectivity index is 1.66. The summed E-state index contributed by atoms with van der Waals surface area (Å²) >= 11 is 5.18. The highest BCUT2D eigenvalue weighted by Gasteiger charge is 2.18. The van der Waals surface area contributed by atoms with E-state index in [4.69, 9.17) is 9.72 Å². The molecule has 0 unspecified atom stereocenters. The number of nitrogens with zero attached hydrogens (tertiary/aromatic N) is 2. The van der Waals surface area contributed by atoms with Crippen molar-refractivity contribution in [3.8, 4) is 17.0 Å². The van der Waals surface area contributed by atoms with Gasteiger partial charge in [-0.3, -0.25) is 4.79 Å². The van der Waals surface area contributed by atoms with Gasteiger partial charge in [-0.05, 0) is 40.2 Å². The van der Waals surface area contributed by atoms with E-state index in [-0.39, 0.29) is 5.91 Å². The van der Waals surface area contributed by atoms with E-state index >= 15 is 0 Å². The van der Waals surface area contributed by atoms with Crippen molar-refractivity contribution in [2.75, 3.05) is 18.2 Å². The maximum absolute atomic E-state index is 12.8. The standard InChI is InChI=1S/C19H16BrN3O2S/c1-25-12-6-7-15(20)14(10-12)18(24)21-16-5-3-2-4-13(16)17-11-23-8-9-26-19(23)22-17/h2-7,10-11H,8-9H2,1H3,(H,21,24). The molecule has 132 valence electrons. The van der Waals surface area contributed by atoms with Crippen LogP contribution in [-0.4, -0.2) is 28.3 Å². The van der Waals surface area contributed by atoms with Crippen molar-refractivity contribution >= 4 is 39.3 Å². The van der Waals surface area contributed by atoms with Crippen LogP contribution in [0.1, 0.15) is 10.4 Å². The number of para-hydroxylation sites is 1.